The van der Waals surface area contributed by atoms with Crippen LogP contribution in [0.25, 0.3) is 0 Å². The fourth-order valence-corrected chi connectivity index (χ4v) is 1.45. The lowest BCUT2D eigenvalue weighted by Crippen LogP contribution is -2.17. The number of hydrogen-bond acceptors (Lipinski definition) is 3. The van der Waals surface area contributed by atoms with Crippen LogP contribution in [0.1, 0.15) is 23.6 Å². The van der Waals surface area contributed by atoms with Crippen molar-refractivity contribution in [3.05, 3.63) is 34.9 Å². The van der Waals surface area contributed by atoms with E-state index in [2.05, 4.69) is 0 Å². The first-order valence-corrected chi connectivity index (χ1v) is 4.89. The molecule has 1 rings (SSSR count). The van der Waals surface area contributed by atoms with Gasteiger partial charge in [0, 0.05) is 24.3 Å². The second-order valence-corrected chi connectivity index (χ2v) is 3.60. The van der Waals surface area contributed by atoms with Gasteiger partial charge in [-0.15, -0.1) is 0 Å². The molecule has 3 N–H and O–H groups in total. The van der Waals surface area contributed by atoms with Gasteiger partial charge in [0.15, 0.2) is 0 Å². The van der Waals surface area contributed by atoms with Crippen LogP contribution < -0.4 is 5.73 Å². The van der Waals surface area contributed by atoms with Gasteiger partial charge in [0.05, 0.1) is 13.0 Å². The minimum Gasteiger partial charge on any atom is -0.481 e. The molecule has 0 aliphatic carbocycles. The summed E-state index contributed by atoms with van der Waals surface area (Å²) in [6.07, 6.45) is -0.458. The number of benzene rings is 1. The highest BCUT2D eigenvalue weighted by atomic mass is 19.1. The molecule has 0 fully saturated rings. The van der Waals surface area contributed by atoms with Crippen LogP contribution >= 0.6 is 0 Å². The Bertz CT molecular complexity index is 423. The third kappa shape index (κ3) is 3.47. The molecule has 0 aliphatic rings. The zero-order valence-electron chi connectivity index (χ0n) is 9.24. The second kappa shape index (κ2) is 5.70. The predicted octanol–water partition coefficient (Wildman–Crippen LogP) is 1.59. The van der Waals surface area contributed by atoms with Crippen LogP contribution in [0.5, 0.6) is 0 Å². The van der Waals surface area contributed by atoms with Gasteiger partial charge in [-0.25, -0.2) is 8.78 Å². The van der Waals surface area contributed by atoms with E-state index in [1.165, 1.54) is 7.11 Å². The van der Waals surface area contributed by atoms with Crippen LogP contribution in [-0.4, -0.2) is 18.2 Å². The second-order valence-electron chi connectivity index (χ2n) is 3.60. The van der Waals surface area contributed by atoms with E-state index in [1.54, 1.807) is 0 Å². The van der Waals surface area contributed by atoms with E-state index in [4.69, 9.17) is 15.6 Å². The first-order chi connectivity index (χ1) is 7.95. The molecule has 1 atom stereocenters. The zero-order valence-corrected chi connectivity index (χ0v) is 9.24. The number of rotatable bonds is 5. The number of ether oxygens (including phenoxy) is 1. The molecule has 0 aliphatic heterocycles. The quantitative estimate of drug-likeness (QED) is 0.826. The van der Waals surface area contributed by atoms with Crippen molar-refractivity contribution in [2.45, 2.75) is 19.1 Å². The molecule has 0 saturated carbocycles. The number of hydrogen-bond donors (Lipinski definition) is 2. The number of halogens is 2. The van der Waals surface area contributed by atoms with Gasteiger partial charge in [-0.1, -0.05) is 0 Å². The number of carboxylic acid groups (broad SMARTS) is 1. The average molecular weight is 245 g/mol. The molecule has 1 unspecified atom stereocenters. The molecule has 0 heterocycles. The van der Waals surface area contributed by atoms with E-state index in [0.717, 1.165) is 12.1 Å². The first kappa shape index (κ1) is 13.5. The summed E-state index contributed by atoms with van der Waals surface area (Å²) in [6, 6.07) is 0.811. The molecular formula is C11H13F2NO3. The maximum absolute atomic E-state index is 13.6. The van der Waals surface area contributed by atoms with Crippen molar-refractivity contribution in [2.75, 3.05) is 7.11 Å². The van der Waals surface area contributed by atoms with Crippen molar-refractivity contribution in [1.29, 1.82) is 0 Å². The lowest BCUT2D eigenvalue weighted by atomic mass is 10.0. The molecule has 94 valence electrons. The van der Waals surface area contributed by atoms with Gasteiger partial charge in [-0.05, 0) is 12.1 Å². The Balaban J connectivity index is 3.02. The number of methoxy groups -OCH3 is 1. The molecule has 0 radical (unpaired) electrons. The molecule has 1 aromatic carbocycles. The fourth-order valence-electron chi connectivity index (χ4n) is 1.45. The largest absolute Gasteiger partial charge is 0.481 e. The lowest BCUT2D eigenvalue weighted by molar-refractivity contribution is -0.137. The minimum atomic E-state index is -1.17. The standard InChI is InChI=1S/C11H13F2NO3/c1-17-5-6-2-9(13)7(3-8(6)12)10(14)4-11(15)16/h2-3,10H,4-5,14H2,1H3,(H,15,16). The van der Waals surface area contributed by atoms with E-state index in [1.807, 2.05) is 0 Å². The molecule has 0 aromatic heterocycles. The summed E-state index contributed by atoms with van der Waals surface area (Å²) < 4.78 is 31.7. The Hall–Kier alpha value is -1.53. The van der Waals surface area contributed by atoms with E-state index in [-0.39, 0.29) is 17.7 Å². The van der Waals surface area contributed by atoms with E-state index < -0.39 is 30.1 Å². The number of aliphatic carboxylic acids is 1. The maximum atomic E-state index is 13.6. The van der Waals surface area contributed by atoms with Gasteiger partial charge in [0.2, 0.25) is 0 Å². The van der Waals surface area contributed by atoms with Crippen molar-refractivity contribution >= 4 is 5.97 Å². The summed E-state index contributed by atoms with van der Waals surface area (Å²) in [6.45, 7) is -0.0583. The van der Waals surface area contributed by atoms with Crippen LogP contribution in [0, 0.1) is 11.6 Å². The molecule has 6 heteroatoms. The lowest BCUT2D eigenvalue weighted by Gasteiger charge is -2.12. The third-order valence-corrected chi connectivity index (χ3v) is 2.26. The van der Waals surface area contributed by atoms with Crippen LogP contribution in [0.3, 0.4) is 0 Å². The Morgan fingerprint density at radius 2 is 2.12 bits per heavy atom. The van der Waals surface area contributed by atoms with Crippen molar-refractivity contribution < 1.29 is 23.4 Å². The summed E-state index contributed by atoms with van der Waals surface area (Å²) in [7, 11) is 1.36. The van der Waals surface area contributed by atoms with Gasteiger partial charge in [0.25, 0.3) is 0 Å². The highest BCUT2D eigenvalue weighted by Crippen LogP contribution is 2.22. The molecule has 0 amide bonds. The number of nitrogens with two attached hydrogens (primary N) is 1. The first-order valence-electron chi connectivity index (χ1n) is 4.89. The zero-order chi connectivity index (χ0) is 13.0. The average Bonchev–Trinajstić information content (AvgIpc) is 2.22. The molecule has 4 nitrogen and oxygen atoms in total. The summed E-state index contributed by atoms with van der Waals surface area (Å²) in [5.41, 5.74) is 5.39. The molecule has 1 aromatic rings. The fraction of sp³-hybridized carbons (Fsp3) is 0.364. The SMILES string of the molecule is COCc1cc(F)c(C(N)CC(=O)O)cc1F. The Morgan fingerprint density at radius 1 is 1.47 bits per heavy atom. The highest BCUT2D eigenvalue weighted by molar-refractivity contribution is 5.67. The van der Waals surface area contributed by atoms with Crippen molar-refractivity contribution in [3.63, 3.8) is 0 Å². The van der Waals surface area contributed by atoms with Gasteiger partial charge in [-0.3, -0.25) is 4.79 Å². The molecular weight excluding hydrogens is 232 g/mol. The van der Waals surface area contributed by atoms with Gasteiger partial charge in [-0.2, -0.15) is 0 Å². The molecule has 0 spiro atoms. The van der Waals surface area contributed by atoms with Gasteiger partial charge in [0.1, 0.15) is 11.6 Å². The van der Waals surface area contributed by atoms with Crippen molar-refractivity contribution in [1.82, 2.24) is 0 Å². The maximum Gasteiger partial charge on any atom is 0.305 e. The van der Waals surface area contributed by atoms with Crippen LogP contribution in [0.2, 0.25) is 0 Å². The number of carbonyl (C=O) groups is 1. The molecule has 17 heavy (non-hydrogen) atoms. The minimum absolute atomic E-state index is 0.0583. The third-order valence-electron chi connectivity index (χ3n) is 2.26. The van der Waals surface area contributed by atoms with E-state index >= 15 is 0 Å². The van der Waals surface area contributed by atoms with Gasteiger partial charge >= 0.3 is 5.97 Å². The monoisotopic (exact) mass is 245 g/mol. The van der Waals surface area contributed by atoms with Crippen molar-refractivity contribution in [3.8, 4) is 0 Å². The van der Waals surface area contributed by atoms with Crippen LogP contribution in [-0.2, 0) is 16.1 Å². The Kier molecular flexibility index (Phi) is 4.53. The van der Waals surface area contributed by atoms with Crippen molar-refractivity contribution in [2.24, 2.45) is 5.73 Å². The predicted molar refractivity (Wildman–Crippen MR) is 56.3 cm³/mol. The summed E-state index contributed by atoms with van der Waals surface area (Å²) in [5.74, 6) is -2.56. The topological polar surface area (TPSA) is 72.5 Å². The van der Waals surface area contributed by atoms with Crippen LogP contribution in [0.4, 0.5) is 8.78 Å². The molecule has 0 saturated heterocycles. The van der Waals surface area contributed by atoms with E-state index in [9.17, 15) is 13.6 Å². The normalized spacial score (nSPS) is 12.5. The van der Waals surface area contributed by atoms with E-state index in [0.29, 0.717) is 0 Å². The Labute approximate surface area is 97.0 Å². The highest BCUT2D eigenvalue weighted by Gasteiger charge is 2.17. The number of carboxylic acids is 1. The smallest absolute Gasteiger partial charge is 0.305 e. The molecule has 0 bridgehead atoms. The van der Waals surface area contributed by atoms with Crippen LogP contribution in [0.15, 0.2) is 12.1 Å². The Morgan fingerprint density at radius 3 is 2.65 bits per heavy atom. The summed E-state index contributed by atoms with van der Waals surface area (Å²) in [5, 5.41) is 8.53. The summed E-state index contributed by atoms with van der Waals surface area (Å²) >= 11 is 0. The summed E-state index contributed by atoms with van der Waals surface area (Å²) in [4.78, 5) is 10.4. The van der Waals surface area contributed by atoms with Gasteiger partial charge < -0.3 is 15.6 Å².